The third-order valence-electron chi connectivity index (χ3n) is 2.57. The summed E-state index contributed by atoms with van der Waals surface area (Å²) in [7, 11) is 1.84. The van der Waals surface area contributed by atoms with Gasteiger partial charge in [-0.2, -0.15) is 11.8 Å². The lowest BCUT2D eigenvalue weighted by molar-refractivity contribution is 0.102. The molecule has 1 aromatic heterocycles. The van der Waals surface area contributed by atoms with Crippen LogP contribution in [0.1, 0.15) is 15.9 Å². The lowest BCUT2D eigenvalue weighted by Crippen LogP contribution is -2.14. The van der Waals surface area contributed by atoms with Crippen molar-refractivity contribution < 1.29 is 4.79 Å². The van der Waals surface area contributed by atoms with Crippen LogP contribution in [0.25, 0.3) is 0 Å². The molecule has 2 rings (SSSR count). The van der Waals surface area contributed by atoms with Gasteiger partial charge in [-0.1, -0.05) is 12.1 Å². The Balaban J connectivity index is 2.07. The molecule has 18 heavy (non-hydrogen) atoms. The number of amides is 1. The molecule has 0 aliphatic heterocycles. The van der Waals surface area contributed by atoms with Crippen molar-refractivity contribution in [3.8, 4) is 0 Å². The van der Waals surface area contributed by atoms with Gasteiger partial charge >= 0.3 is 0 Å². The summed E-state index contributed by atoms with van der Waals surface area (Å²) in [5.41, 5.74) is 1.86. The maximum atomic E-state index is 12.0. The van der Waals surface area contributed by atoms with Crippen LogP contribution in [0.2, 0.25) is 0 Å². The molecular weight excluding hydrogens is 246 g/mol. The van der Waals surface area contributed by atoms with Gasteiger partial charge in [0, 0.05) is 30.8 Å². The molecule has 1 amide bonds. The number of carbonyl (C=O) groups is 1. The van der Waals surface area contributed by atoms with E-state index in [1.165, 1.54) is 5.56 Å². The molecule has 1 N–H and O–H groups in total. The number of carbonyl (C=O) groups excluding carboxylic acids is 1. The number of hydrogen-bond acceptors (Lipinski definition) is 3. The summed E-state index contributed by atoms with van der Waals surface area (Å²) in [5, 5.41) is 2.77. The smallest absolute Gasteiger partial charge is 0.257 e. The molecule has 0 bridgehead atoms. The van der Waals surface area contributed by atoms with E-state index < -0.39 is 0 Å². The predicted molar refractivity (Wildman–Crippen MR) is 74.8 cm³/mol. The molecule has 4 nitrogen and oxygen atoms in total. The molecule has 0 spiro atoms. The average molecular weight is 261 g/mol. The lowest BCUT2D eigenvalue weighted by atomic mass is 10.1. The molecule has 2 aromatic rings. The van der Waals surface area contributed by atoms with E-state index >= 15 is 0 Å². The fourth-order valence-electron chi connectivity index (χ4n) is 1.58. The van der Waals surface area contributed by atoms with Gasteiger partial charge in [0.25, 0.3) is 5.91 Å². The number of rotatable bonds is 4. The zero-order valence-electron chi connectivity index (χ0n) is 10.4. The summed E-state index contributed by atoms with van der Waals surface area (Å²) >= 11 is 1.76. The standard InChI is InChI=1S/C13H15N3OS/c1-16-8-7-14-13(16)15-12(17)11-5-3-10(4-6-11)9-18-2/h3-8H,9H2,1-2H3,(H,14,15,17). The zero-order valence-corrected chi connectivity index (χ0v) is 11.2. The van der Waals surface area contributed by atoms with E-state index in [2.05, 4.69) is 16.6 Å². The van der Waals surface area contributed by atoms with Gasteiger partial charge < -0.3 is 4.57 Å². The highest BCUT2D eigenvalue weighted by atomic mass is 32.2. The van der Waals surface area contributed by atoms with Crippen molar-refractivity contribution >= 4 is 23.6 Å². The Morgan fingerprint density at radius 1 is 1.39 bits per heavy atom. The van der Waals surface area contributed by atoms with Crippen LogP contribution in [0.3, 0.4) is 0 Å². The Morgan fingerprint density at radius 2 is 2.11 bits per heavy atom. The molecule has 0 aliphatic rings. The highest BCUT2D eigenvalue weighted by molar-refractivity contribution is 7.97. The highest BCUT2D eigenvalue weighted by Crippen LogP contribution is 2.12. The number of thioether (sulfide) groups is 1. The van der Waals surface area contributed by atoms with Gasteiger partial charge in [0.2, 0.25) is 5.95 Å². The van der Waals surface area contributed by atoms with E-state index in [-0.39, 0.29) is 5.91 Å². The van der Waals surface area contributed by atoms with Gasteiger partial charge in [0.1, 0.15) is 0 Å². The molecule has 0 aliphatic carbocycles. The Labute approximate surface area is 110 Å². The van der Waals surface area contributed by atoms with Crippen LogP contribution in [0.15, 0.2) is 36.7 Å². The van der Waals surface area contributed by atoms with Crippen LogP contribution in [-0.2, 0) is 12.8 Å². The number of hydrogen-bond donors (Lipinski definition) is 1. The van der Waals surface area contributed by atoms with Crippen molar-refractivity contribution in [2.45, 2.75) is 5.75 Å². The van der Waals surface area contributed by atoms with Crippen molar-refractivity contribution in [2.24, 2.45) is 7.05 Å². The number of benzene rings is 1. The third kappa shape index (κ3) is 2.92. The number of anilines is 1. The van der Waals surface area contributed by atoms with Gasteiger partial charge in [-0.25, -0.2) is 4.98 Å². The van der Waals surface area contributed by atoms with Crippen LogP contribution >= 0.6 is 11.8 Å². The SMILES string of the molecule is CSCc1ccc(C(=O)Nc2nccn2C)cc1. The molecular formula is C13H15N3OS. The fraction of sp³-hybridized carbons (Fsp3) is 0.231. The summed E-state index contributed by atoms with van der Waals surface area (Å²) in [6.07, 6.45) is 5.50. The van der Waals surface area contributed by atoms with E-state index in [1.54, 1.807) is 28.7 Å². The molecule has 5 heteroatoms. The zero-order chi connectivity index (χ0) is 13.0. The summed E-state index contributed by atoms with van der Waals surface area (Å²) in [5.74, 6) is 1.37. The average Bonchev–Trinajstić information content (AvgIpc) is 2.76. The fourth-order valence-corrected chi connectivity index (χ4v) is 2.10. The van der Waals surface area contributed by atoms with Gasteiger partial charge in [-0.3, -0.25) is 10.1 Å². The van der Waals surface area contributed by atoms with Gasteiger partial charge in [-0.05, 0) is 24.0 Å². The van der Waals surface area contributed by atoms with Crippen molar-refractivity contribution in [2.75, 3.05) is 11.6 Å². The van der Waals surface area contributed by atoms with Crippen molar-refractivity contribution in [1.29, 1.82) is 0 Å². The van der Waals surface area contributed by atoms with Crippen LogP contribution in [0.5, 0.6) is 0 Å². The van der Waals surface area contributed by atoms with Crippen LogP contribution in [-0.4, -0.2) is 21.7 Å². The Kier molecular flexibility index (Phi) is 4.04. The van der Waals surface area contributed by atoms with Crippen molar-refractivity contribution in [1.82, 2.24) is 9.55 Å². The first-order valence-corrected chi connectivity index (χ1v) is 6.96. The Morgan fingerprint density at radius 3 is 2.67 bits per heavy atom. The second-order valence-corrected chi connectivity index (χ2v) is 4.81. The highest BCUT2D eigenvalue weighted by Gasteiger charge is 2.08. The largest absolute Gasteiger partial charge is 0.320 e. The first kappa shape index (κ1) is 12.7. The minimum atomic E-state index is -0.139. The summed E-state index contributed by atoms with van der Waals surface area (Å²) in [6, 6.07) is 7.63. The normalized spacial score (nSPS) is 10.3. The topological polar surface area (TPSA) is 46.9 Å². The number of nitrogens with zero attached hydrogens (tertiary/aromatic N) is 2. The van der Waals surface area contributed by atoms with Gasteiger partial charge in [0.15, 0.2) is 0 Å². The first-order valence-electron chi connectivity index (χ1n) is 5.57. The van der Waals surface area contributed by atoms with Crippen LogP contribution in [0, 0.1) is 0 Å². The molecule has 1 heterocycles. The van der Waals surface area contributed by atoms with E-state index in [1.807, 2.05) is 31.3 Å². The first-order chi connectivity index (χ1) is 8.70. The maximum absolute atomic E-state index is 12.0. The Hall–Kier alpha value is -1.75. The molecule has 0 unspecified atom stereocenters. The lowest BCUT2D eigenvalue weighted by Gasteiger charge is -2.05. The van der Waals surface area contributed by atoms with Gasteiger partial charge in [-0.15, -0.1) is 0 Å². The van der Waals surface area contributed by atoms with Gasteiger partial charge in [0.05, 0.1) is 0 Å². The molecule has 0 atom stereocenters. The molecule has 1 aromatic carbocycles. The van der Waals surface area contributed by atoms with E-state index in [4.69, 9.17) is 0 Å². The van der Waals surface area contributed by atoms with Crippen LogP contribution < -0.4 is 5.32 Å². The number of nitrogens with one attached hydrogen (secondary N) is 1. The number of imidazole rings is 1. The monoisotopic (exact) mass is 261 g/mol. The van der Waals surface area contributed by atoms with Crippen molar-refractivity contribution in [3.05, 3.63) is 47.8 Å². The molecule has 0 saturated carbocycles. The van der Waals surface area contributed by atoms with E-state index in [9.17, 15) is 4.79 Å². The predicted octanol–water partition coefficient (Wildman–Crippen LogP) is 2.54. The second-order valence-electron chi connectivity index (χ2n) is 3.95. The second kappa shape index (κ2) is 5.73. The summed E-state index contributed by atoms with van der Waals surface area (Å²) in [4.78, 5) is 16.0. The molecule has 0 fully saturated rings. The van der Waals surface area contributed by atoms with Crippen LogP contribution in [0.4, 0.5) is 5.95 Å². The maximum Gasteiger partial charge on any atom is 0.257 e. The molecule has 0 radical (unpaired) electrons. The van der Waals surface area contributed by atoms with Crippen molar-refractivity contribution in [3.63, 3.8) is 0 Å². The minimum Gasteiger partial charge on any atom is -0.320 e. The summed E-state index contributed by atoms with van der Waals surface area (Å²) < 4.78 is 1.76. The quantitative estimate of drug-likeness (QED) is 0.920. The van der Waals surface area contributed by atoms with E-state index in [0.29, 0.717) is 11.5 Å². The minimum absolute atomic E-state index is 0.139. The third-order valence-corrected chi connectivity index (χ3v) is 3.20. The number of aryl methyl sites for hydroxylation is 1. The molecule has 94 valence electrons. The molecule has 0 saturated heterocycles. The Bertz CT molecular complexity index is 533. The number of aromatic nitrogens is 2. The van der Waals surface area contributed by atoms with E-state index in [0.717, 1.165) is 5.75 Å². The summed E-state index contributed by atoms with van der Waals surface area (Å²) in [6.45, 7) is 0.